The average molecular weight is 402 g/mol. The fourth-order valence-corrected chi connectivity index (χ4v) is 4.86. The van der Waals surface area contributed by atoms with Crippen LogP contribution in [0.5, 0.6) is 5.75 Å². The molecule has 1 unspecified atom stereocenters. The van der Waals surface area contributed by atoms with Gasteiger partial charge in [-0.1, -0.05) is 78.9 Å². The zero-order valence-corrected chi connectivity index (χ0v) is 17.2. The van der Waals surface area contributed by atoms with Gasteiger partial charge < -0.3 is 14.6 Å². The lowest BCUT2D eigenvalue weighted by Crippen LogP contribution is -2.48. The lowest BCUT2D eigenvalue weighted by molar-refractivity contribution is 0.415. The first kappa shape index (κ1) is 17.8. The lowest BCUT2D eigenvalue weighted by Gasteiger charge is -2.39. The highest BCUT2D eigenvalue weighted by Gasteiger charge is 2.32. The second kappa shape index (κ2) is 7.06. The highest BCUT2D eigenvalue weighted by atomic mass is 16.5. The van der Waals surface area contributed by atoms with Crippen molar-refractivity contribution in [2.75, 3.05) is 12.0 Å². The molecule has 0 saturated carbocycles. The zero-order valence-electron chi connectivity index (χ0n) is 17.2. The maximum atomic E-state index is 5.81. The molecule has 0 spiro atoms. The van der Waals surface area contributed by atoms with E-state index in [0.717, 1.165) is 17.0 Å². The molecule has 1 aromatic heterocycles. The molecule has 0 amide bonds. The monoisotopic (exact) mass is 402 g/mol. The Morgan fingerprint density at radius 1 is 0.839 bits per heavy atom. The number of anilines is 1. The molecule has 2 aliphatic rings. The minimum atomic E-state index is 0.0832. The number of H-pyrrole nitrogens is 1. The summed E-state index contributed by atoms with van der Waals surface area (Å²) in [5.74, 6) is 0.863. The first-order valence-electron chi connectivity index (χ1n) is 10.5. The van der Waals surface area contributed by atoms with E-state index in [2.05, 4.69) is 101 Å². The van der Waals surface area contributed by atoms with Crippen LogP contribution >= 0.6 is 0 Å². The third-order valence-corrected chi connectivity index (χ3v) is 6.20. The average Bonchev–Trinajstić information content (AvgIpc) is 3.27. The molecule has 0 bridgehead atoms. The predicted molar refractivity (Wildman–Crippen MR) is 127 cm³/mol. The summed E-state index contributed by atoms with van der Waals surface area (Å²) in [7, 11) is 1.74. The Hall–Kier alpha value is -3.98. The Morgan fingerprint density at radius 3 is 2.52 bits per heavy atom. The molecule has 6 rings (SSSR count). The second-order valence-electron chi connectivity index (χ2n) is 7.83. The van der Waals surface area contributed by atoms with Gasteiger partial charge in [-0.2, -0.15) is 0 Å². The summed E-state index contributed by atoms with van der Waals surface area (Å²) in [6.45, 7) is 0. The van der Waals surface area contributed by atoms with Crippen LogP contribution in [0.2, 0.25) is 0 Å². The normalized spacial score (nSPS) is 17.1. The Morgan fingerprint density at radius 2 is 1.61 bits per heavy atom. The summed E-state index contributed by atoms with van der Waals surface area (Å²) in [5, 5.41) is 3.72. The van der Waals surface area contributed by atoms with E-state index in [-0.39, 0.29) is 6.04 Å². The third-order valence-electron chi connectivity index (χ3n) is 6.20. The molecule has 2 heterocycles. The van der Waals surface area contributed by atoms with Gasteiger partial charge in [-0.15, -0.1) is 0 Å². The van der Waals surface area contributed by atoms with Crippen LogP contribution in [-0.4, -0.2) is 18.1 Å². The quantitative estimate of drug-likeness (QED) is 0.547. The molecule has 1 N–H and O–H groups in total. The zero-order chi connectivity index (χ0) is 20.8. The van der Waals surface area contributed by atoms with Gasteiger partial charge in [0.05, 0.1) is 24.5 Å². The molecule has 1 aliphatic heterocycles. The second-order valence-corrected chi connectivity index (χ2v) is 7.83. The fourth-order valence-electron chi connectivity index (χ4n) is 4.86. The molecule has 1 atom stereocenters. The predicted octanol–water partition coefficient (Wildman–Crippen LogP) is 4.50. The maximum absolute atomic E-state index is 5.81. The summed E-state index contributed by atoms with van der Waals surface area (Å²) in [5.41, 5.74) is 5.87. The van der Waals surface area contributed by atoms with Gasteiger partial charge in [-0.3, -0.25) is 0 Å². The number of fused-ring (bicyclic) bond motifs is 3. The Labute approximate surface area is 180 Å². The van der Waals surface area contributed by atoms with Crippen LogP contribution < -0.4 is 20.1 Å². The first-order chi connectivity index (χ1) is 15.4. The van der Waals surface area contributed by atoms with Crippen LogP contribution in [0.3, 0.4) is 0 Å². The summed E-state index contributed by atoms with van der Waals surface area (Å²) >= 11 is 0. The highest BCUT2D eigenvalue weighted by Crippen LogP contribution is 2.40. The van der Waals surface area contributed by atoms with Crippen LogP contribution in [0.25, 0.3) is 22.2 Å². The van der Waals surface area contributed by atoms with Crippen molar-refractivity contribution in [1.29, 1.82) is 0 Å². The number of aromatic nitrogens is 1. The number of benzene rings is 3. The van der Waals surface area contributed by atoms with E-state index in [1.54, 1.807) is 7.11 Å². The lowest BCUT2D eigenvalue weighted by atomic mass is 9.90. The van der Waals surface area contributed by atoms with E-state index in [1.165, 1.54) is 32.7 Å². The molecule has 1 aliphatic carbocycles. The number of aromatic amines is 1. The van der Waals surface area contributed by atoms with Crippen molar-refractivity contribution < 1.29 is 4.74 Å². The van der Waals surface area contributed by atoms with Crippen molar-refractivity contribution in [3.05, 3.63) is 119 Å². The molecule has 31 heavy (non-hydrogen) atoms. The van der Waals surface area contributed by atoms with E-state index in [1.807, 2.05) is 12.1 Å². The van der Waals surface area contributed by atoms with E-state index in [9.17, 15) is 0 Å². The number of allylic oxidation sites excluding steroid dienone is 2. The van der Waals surface area contributed by atoms with Crippen LogP contribution in [0.4, 0.5) is 5.69 Å². The van der Waals surface area contributed by atoms with Crippen molar-refractivity contribution in [2.45, 2.75) is 6.04 Å². The fraction of sp³-hybridized carbons (Fsp3) is 0.0714. The van der Waals surface area contributed by atoms with Crippen molar-refractivity contribution in [1.82, 2.24) is 4.98 Å². The number of hydrogen-bond acceptors (Lipinski definition) is 2. The molecule has 0 fully saturated rings. The molecule has 4 aromatic rings. The largest absolute Gasteiger partial charge is 0.495 e. The standard InChI is InChI=1S/C28H22N2O/c1-31-27-17-9-8-16-26(27)30-25-15-7-5-12-21(25)19-10-2-3-13-22(19)28(30)23-18-29-24-14-6-4-11-20(23)24/h2-18,25,29H,1H3. The van der Waals surface area contributed by atoms with E-state index in [4.69, 9.17) is 4.74 Å². The van der Waals surface area contributed by atoms with Gasteiger partial charge in [-0.05, 0) is 29.0 Å². The van der Waals surface area contributed by atoms with Gasteiger partial charge in [0.1, 0.15) is 5.75 Å². The Bertz CT molecular complexity index is 1490. The molecule has 150 valence electrons. The first-order valence-corrected chi connectivity index (χ1v) is 10.5. The number of methoxy groups -OCH3 is 1. The Balaban J connectivity index is 1.78. The van der Waals surface area contributed by atoms with Gasteiger partial charge in [0.25, 0.3) is 0 Å². The Kier molecular flexibility index (Phi) is 4.07. The summed E-state index contributed by atoms with van der Waals surface area (Å²) in [6.07, 6.45) is 10.9. The summed E-state index contributed by atoms with van der Waals surface area (Å²) in [6, 6.07) is 25.5. The summed E-state index contributed by atoms with van der Waals surface area (Å²) < 4.78 is 5.81. The van der Waals surface area contributed by atoms with Gasteiger partial charge in [0, 0.05) is 27.9 Å². The molecule has 3 aromatic carbocycles. The van der Waals surface area contributed by atoms with Crippen molar-refractivity contribution in [3.63, 3.8) is 0 Å². The van der Waals surface area contributed by atoms with Crippen LogP contribution in [0.15, 0.2) is 103 Å². The molecular formula is C28H22N2O. The number of para-hydroxylation sites is 3. The minimum absolute atomic E-state index is 0.0832. The van der Waals surface area contributed by atoms with E-state index < -0.39 is 0 Å². The SMILES string of the molecule is COc1ccccc1N1C(c2c[nH]c3ccccc23)=c2ccccc2=C2C=CC=CC21. The van der Waals surface area contributed by atoms with Crippen molar-refractivity contribution in [2.24, 2.45) is 0 Å². The molecule has 0 saturated heterocycles. The van der Waals surface area contributed by atoms with Crippen LogP contribution in [0.1, 0.15) is 5.56 Å². The minimum Gasteiger partial charge on any atom is -0.495 e. The number of ether oxygens (including phenoxy) is 1. The van der Waals surface area contributed by atoms with Crippen molar-refractivity contribution in [3.8, 4) is 5.75 Å². The van der Waals surface area contributed by atoms with Crippen molar-refractivity contribution >= 4 is 27.9 Å². The van der Waals surface area contributed by atoms with Crippen LogP contribution in [0, 0.1) is 0 Å². The van der Waals surface area contributed by atoms with Gasteiger partial charge in [0.2, 0.25) is 0 Å². The number of nitrogens with one attached hydrogen (secondary N) is 1. The van der Waals surface area contributed by atoms with Crippen LogP contribution in [-0.2, 0) is 0 Å². The smallest absolute Gasteiger partial charge is 0.142 e. The van der Waals surface area contributed by atoms with Gasteiger partial charge in [0.15, 0.2) is 0 Å². The summed E-state index contributed by atoms with van der Waals surface area (Å²) in [4.78, 5) is 5.89. The molecule has 3 heteroatoms. The van der Waals surface area contributed by atoms with E-state index in [0.29, 0.717) is 0 Å². The number of hydrogen-bond donors (Lipinski definition) is 1. The number of rotatable bonds is 3. The highest BCUT2D eigenvalue weighted by molar-refractivity contribution is 5.99. The molecule has 0 radical (unpaired) electrons. The topological polar surface area (TPSA) is 28.3 Å². The number of nitrogens with zero attached hydrogens (tertiary/aromatic N) is 1. The van der Waals surface area contributed by atoms with Gasteiger partial charge in [-0.25, -0.2) is 0 Å². The van der Waals surface area contributed by atoms with E-state index >= 15 is 0 Å². The molecular weight excluding hydrogens is 380 g/mol. The third kappa shape index (κ3) is 2.67. The van der Waals surface area contributed by atoms with Gasteiger partial charge >= 0.3 is 0 Å². The maximum Gasteiger partial charge on any atom is 0.142 e. The molecule has 3 nitrogen and oxygen atoms in total.